The molecule has 0 bridgehead atoms. The molecule has 2 N–H and O–H groups in total. The number of carbonyl (C=O) groups excluding carboxylic acids is 1. The van der Waals surface area contributed by atoms with Gasteiger partial charge in [-0.25, -0.2) is 4.79 Å². The molecule has 1 aromatic carbocycles. The number of rotatable bonds is 7. The second-order valence-electron chi connectivity index (χ2n) is 17.9. The average molecular weight is 629 g/mol. The van der Waals surface area contributed by atoms with E-state index in [2.05, 4.69) is 64.4 Å². The first-order chi connectivity index (χ1) is 21.5. The van der Waals surface area contributed by atoms with Crippen molar-refractivity contribution in [3.63, 3.8) is 0 Å². The summed E-state index contributed by atoms with van der Waals surface area (Å²) in [5, 5.41) is 13.2. The lowest BCUT2D eigenvalue weighted by atomic mass is 9.33. The Morgan fingerprint density at radius 3 is 2.24 bits per heavy atom. The third-order valence-corrected chi connectivity index (χ3v) is 15.3. The van der Waals surface area contributed by atoms with Crippen molar-refractivity contribution in [3.8, 4) is 0 Å². The van der Waals surface area contributed by atoms with Gasteiger partial charge in [0.2, 0.25) is 5.91 Å². The standard InChI is InChI=1S/C41H60N2O3/c1-26(2)29-16-22-41(42-34(44)19-25-43(8)9)24-23-39(6)31(35(29)41)14-15-33-38(5)20-17-30(27-10-12-28(13-11-27)36(45)46)37(3,4)32(38)18-21-40(33,39)7/h10-13,17,29,31-33,35H,1,14-16,18-25H2,2-9H3,(H,42,44)(H,45,46)/t29-,31+,32-,33+,35+,38-,39+,40+,41-/m0/s1. The minimum absolute atomic E-state index is 0.00584. The maximum absolute atomic E-state index is 13.4. The second-order valence-corrected chi connectivity index (χ2v) is 17.9. The molecule has 4 fully saturated rings. The molecule has 5 aliphatic carbocycles. The topological polar surface area (TPSA) is 69.6 Å². The Kier molecular flexibility index (Phi) is 8.26. The third-order valence-electron chi connectivity index (χ3n) is 15.3. The van der Waals surface area contributed by atoms with Crippen LogP contribution in [0, 0.1) is 51.2 Å². The van der Waals surface area contributed by atoms with Gasteiger partial charge in [-0.15, -0.1) is 0 Å². The van der Waals surface area contributed by atoms with Gasteiger partial charge >= 0.3 is 5.97 Å². The summed E-state index contributed by atoms with van der Waals surface area (Å²) in [5.41, 5.74) is 4.82. The lowest BCUT2D eigenvalue weighted by molar-refractivity contribution is -0.219. The Hall–Kier alpha value is -2.40. The molecule has 0 spiro atoms. The molecule has 0 radical (unpaired) electrons. The van der Waals surface area contributed by atoms with Gasteiger partial charge in [-0.3, -0.25) is 4.79 Å². The maximum atomic E-state index is 13.4. The van der Waals surface area contributed by atoms with Crippen LogP contribution in [0.15, 0.2) is 42.5 Å². The first-order valence-corrected chi connectivity index (χ1v) is 18.2. The summed E-state index contributed by atoms with van der Waals surface area (Å²) in [6.07, 6.45) is 13.7. The van der Waals surface area contributed by atoms with Crippen molar-refractivity contribution in [2.45, 2.75) is 111 Å². The van der Waals surface area contributed by atoms with E-state index >= 15 is 0 Å². The number of aromatic carboxylic acids is 1. The molecular weight excluding hydrogens is 568 g/mol. The number of allylic oxidation sites excluding steroid dienone is 3. The van der Waals surface area contributed by atoms with Crippen molar-refractivity contribution in [1.82, 2.24) is 10.2 Å². The molecule has 1 amide bonds. The number of nitrogens with zero attached hydrogens (tertiary/aromatic N) is 1. The van der Waals surface area contributed by atoms with Crippen LogP contribution in [-0.4, -0.2) is 48.1 Å². The summed E-state index contributed by atoms with van der Waals surface area (Å²) < 4.78 is 0. The molecular formula is C41H60N2O3. The highest BCUT2D eigenvalue weighted by atomic mass is 16.4. The van der Waals surface area contributed by atoms with Gasteiger partial charge in [0.1, 0.15) is 0 Å². The normalized spacial score (nSPS) is 41.0. The molecule has 5 aliphatic rings. The fraction of sp³-hybridized carbons (Fsp3) is 0.707. The second kappa shape index (κ2) is 11.3. The molecule has 6 rings (SSSR count). The lowest BCUT2D eigenvalue weighted by Gasteiger charge is -2.72. The third kappa shape index (κ3) is 4.88. The molecule has 5 nitrogen and oxygen atoms in total. The minimum atomic E-state index is -0.870. The van der Waals surface area contributed by atoms with Crippen molar-refractivity contribution in [1.29, 1.82) is 0 Å². The molecule has 5 heteroatoms. The van der Waals surface area contributed by atoms with Crippen molar-refractivity contribution in [2.75, 3.05) is 20.6 Å². The van der Waals surface area contributed by atoms with Gasteiger partial charge in [0.25, 0.3) is 0 Å². The highest BCUT2D eigenvalue weighted by molar-refractivity contribution is 5.88. The largest absolute Gasteiger partial charge is 0.478 e. The Balaban J connectivity index is 1.32. The van der Waals surface area contributed by atoms with Gasteiger partial charge in [0.15, 0.2) is 0 Å². The van der Waals surface area contributed by atoms with Crippen molar-refractivity contribution in [3.05, 3.63) is 53.6 Å². The van der Waals surface area contributed by atoms with Crippen LogP contribution in [0.2, 0.25) is 0 Å². The van der Waals surface area contributed by atoms with Crippen LogP contribution in [0.25, 0.3) is 5.57 Å². The molecule has 0 aliphatic heterocycles. The Morgan fingerprint density at radius 1 is 0.913 bits per heavy atom. The number of hydrogen-bond donors (Lipinski definition) is 2. The van der Waals surface area contributed by atoms with Crippen LogP contribution >= 0.6 is 0 Å². The zero-order valence-corrected chi connectivity index (χ0v) is 30.0. The van der Waals surface area contributed by atoms with E-state index in [0.717, 1.165) is 32.2 Å². The molecule has 252 valence electrons. The van der Waals surface area contributed by atoms with Crippen LogP contribution in [-0.2, 0) is 4.79 Å². The number of amides is 1. The summed E-state index contributed by atoms with van der Waals surface area (Å²) in [7, 11) is 4.09. The number of benzene rings is 1. The Bertz CT molecular complexity index is 1430. The van der Waals surface area contributed by atoms with E-state index in [9.17, 15) is 14.7 Å². The predicted molar refractivity (Wildman–Crippen MR) is 187 cm³/mol. The molecule has 9 atom stereocenters. The van der Waals surface area contributed by atoms with E-state index in [4.69, 9.17) is 0 Å². The molecule has 0 heterocycles. The number of nitrogens with one attached hydrogen (secondary N) is 1. The van der Waals surface area contributed by atoms with Crippen molar-refractivity contribution >= 4 is 17.4 Å². The van der Waals surface area contributed by atoms with E-state index < -0.39 is 5.97 Å². The van der Waals surface area contributed by atoms with E-state index in [1.54, 1.807) is 12.1 Å². The van der Waals surface area contributed by atoms with Crippen LogP contribution < -0.4 is 5.32 Å². The maximum Gasteiger partial charge on any atom is 0.335 e. The van der Waals surface area contributed by atoms with Crippen molar-refractivity contribution in [2.24, 2.45) is 51.2 Å². The van der Waals surface area contributed by atoms with Gasteiger partial charge in [0.05, 0.1) is 5.56 Å². The van der Waals surface area contributed by atoms with Gasteiger partial charge in [-0.2, -0.15) is 0 Å². The zero-order valence-electron chi connectivity index (χ0n) is 30.0. The van der Waals surface area contributed by atoms with Gasteiger partial charge in [0, 0.05) is 18.5 Å². The molecule has 4 saturated carbocycles. The highest BCUT2D eigenvalue weighted by Gasteiger charge is 2.70. The zero-order chi connectivity index (χ0) is 33.4. The highest BCUT2D eigenvalue weighted by Crippen LogP contribution is 2.76. The molecule has 0 saturated heterocycles. The van der Waals surface area contributed by atoms with Crippen LogP contribution in [0.5, 0.6) is 0 Å². The van der Waals surface area contributed by atoms with Gasteiger partial charge in [-0.05, 0) is 153 Å². The summed E-state index contributed by atoms with van der Waals surface area (Å²) in [4.78, 5) is 27.0. The average Bonchev–Trinajstić information content (AvgIpc) is 3.36. The molecule has 46 heavy (non-hydrogen) atoms. The van der Waals surface area contributed by atoms with E-state index in [0.29, 0.717) is 41.6 Å². The summed E-state index contributed by atoms with van der Waals surface area (Å²) in [5.74, 6) is 2.13. The fourth-order valence-electron chi connectivity index (χ4n) is 12.9. The number of hydrogen-bond acceptors (Lipinski definition) is 3. The van der Waals surface area contributed by atoms with E-state index in [-0.39, 0.29) is 33.1 Å². The smallest absolute Gasteiger partial charge is 0.335 e. The quantitative estimate of drug-likeness (QED) is 0.296. The number of fused-ring (bicyclic) bond motifs is 7. The van der Waals surface area contributed by atoms with Gasteiger partial charge in [-0.1, -0.05) is 65.0 Å². The van der Waals surface area contributed by atoms with Crippen molar-refractivity contribution < 1.29 is 14.7 Å². The number of carbonyl (C=O) groups is 2. The summed E-state index contributed by atoms with van der Waals surface area (Å²) in [6, 6.07) is 7.56. The lowest BCUT2D eigenvalue weighted by Crippen LogP contribution is -2.68. The molecule has 0 unspecified atom stereocenters. The molecule has 1 aromatic rings. The molecule has 0 aromatic heterocycles. The summed E-state index contributed by atoms with van der Waals surface area (Å²) >= 11 is 0. The predicted octanol–water partition coefficient (Wildman–Crippen LogP) is 8.86. The summed E-state index contributed by atoms with van der Waals surface area (Å²) in [6.45, 7) is 20.4. The number of carboxylic acids is 1. The Labute approximate surface area is 278 Å². The first kappa shape index (κ1) is 33.5. The van der Waals surface area contributed by atoms with E-state index in [1.807, 2.05) is 26.2 Å². The minimum Gasteiger partial charge on any atom is -0.478 e. The van der Waals surface area contributed by atoms with Crippen LogP contribution in [0.4, 0.5) is 0 Å². The van der Waals surface area contributed by atoms with Crippen LogP contribution in [0.1, 0.15) is 122 Å². The van der Waals surface area contributed by atoms with Gasteiger partial charge < -0.3 is 15.3 Å². The van der Waals surface area contributed by atoms with Crippen LogP contribution in [0.3, 0.4) is 0 Å². The van der Waals surface area contributed by atoms with E-state index in [1.165, 1.54) is 48.8 Å². The fourth-order valence-corrected chi connectivity index (χ4v) is 12.9. The monoisotopic (exact) mass is 628 g/mol. The first-order valence-electron chi connectivity index (χ1n) is 18.2. The Morgan fingerprint density at radius 2 is 1.61 bits per heavy atom. The SMILES string of the molecule is C=C(C)[C@@H]1CC[C@]2(NC(=O)CCN(C)C)CC[C@]3(C)[C@H](CC[C@@H]4[C@@]5(C)CC=C(c6ccc(C(=O)O)cc6)C(C)(C)[C@@H]5CC[C@]43C)[C@@H]12. The number of carboxylic acid groups (broad SMARTS) is 1.